The van der Waals surface area contributed by atoms with E-state index in [9.17, 15) is 22.5 Å². The molecule has 0 aliphatic rings. The lowest BCUT2D eigenvalue weighted by Crippen LogP contribution is -2.44. The van der Waals surface area contributed by atoms with Crippen LogP contribution in [0.15, 0.2) is 65.7 Å². The van der Waals surface area contributed by atoms with Crippen molar-refractivity contribution < 1.29 is 27.3 Å². The van der Waals surface area contributed by atoms with E-state index in [4.69, 9.17) is 4.74 Å². The molecule has 0 spiro atoms. The van der Waals surface area contributed by atoms with Crippen LogP contribution in [0, 0.1) is 5.92 Å². The highest BCUT2D eigenvalue weighted by Gasteiger charge is 2.50. The molecule has 0 amide bonds. The maximum atomic E-state index is 13.6. The minimum absolute atomic E-state index is 0.169. The van der Waals surface area contributed by atoms with Gasteiger partial charge >= 0.3 is 12.1 Å². The minimum Gasteiger partial charge on any atom is -0.469 e. The summed E-state index contributed by atoms with van der Waals surface area (Å²) >= 11 is 0. The van der Waals surface area contributed by atoms with E-state index in [1.165, 1.54) is 13.3 Å². The van der Waals surface area contributed by atoms with Gasteiger partial charge in [0.2, 0.25) is 0 Å². The average molecular weight is 439 g/mol. The second kappa shape index (κ2) is 9.17. The summed E-state index contributed by atoms with van der Waals surface area (Å²) in [5.74, 6) is -2.00. The van der Waals surface area contributed by atoms with Crippen LogP contribution in [-0.2, 0) is 19.6 Å². The fraction of sp³-hybridized carbons (Fsp3) is 0.364. The van der Waals surface area contributed by atoms with E-state index in [0.29, 0.717) is 11.1 Å². The van der Waals surface area contributed by atoms with Gasteiger partial charge in [-0.2, -0.15) is 13.2 Å². The third-order valence-electron chi connectivity index (χ3n) is 4.79. The maximum Gasteiger partial charge on any atom is 0.428 e. The summed E-state index contributed by atoms with van der Waals surface area (Å²) in [6.07, 6.45) is -4.87. The van der Waals surface area contributed by atoms with Crippen LogP contribution in [0.3, 0.4) is 0 Å². The molecule has 30 heavy (non-hydrogen) atoms. The van der Waals surface area contributed by atoms with Crippen LogP contribution < -0.4 is 0 Å². The molecular formula is C22H25F3NO3P. The number of carbonyl (C=O) groups is 1. The van der Waals surface area contributed by atoms with Crippen LogP contribution in [-0.4, -0.2) is 44.5 Å². The van der Waals surface area contributed by atoms with Crippen LogP contribution >= 0.6 is 7.14 Å². The first-order valence-corrected chi connectivity index (χ1v) is 12.1. The van der Waals surface area contributed by atoms with Gasteiger partial charge in [0.1, 0.15) is 11.3 Å². The zero-order chi connectivity index (χ0) is 22.6. The molecule has 0 N–H and O–H groups in total. The van der Waals surface area contributed by atoms with Gasteiger partial charge in [0.05, 0.1) is 20.2 Å². The second-order valence-electron chi connectivity index (χ2n) is 7.53. The number of nitrogens with zero attached hydrogens (tertiary/aromatic N) is 1. The lowest BCUT2D eigenvalue weighted by atomic mass is 9.73. The number of benzene rings is 2. The van der Waals surface area contributed by atoms with E-state index in [-0.39, 0.29) is 6.16 Å². The Labute approximate surface area is 174 Å². The summed E-state index contributed by atoms with van der Waals surface area (Å²) < 4.78 is 58.5. The fourth-order valence-electron chi connectivity index (χ4n) is 3.45. The van der Waals surface area contributed by atoms with Crippen LogP contribution in [0.25, 0.3) is 0 Å². The molecule has 0 radical (unpaired) electrons. The number of carbonyl (C=O) groups excluding carboxylic acids is 1. The number of rotatable bonds is 7. The third kappa shape index (κ3) is 5.39. The normalized spacial score (nSPS) is 14.3. The van der Waals surface area contributed by atoms with Crippen molar-refractivity contribution in [2.75, 3.05) is 26.6 Å². The van der Waals surface area contributed by atoms with Gasteiger partial charge in [0.25, 0.3) is 0 Å². The van der Waals surface area contributed by atoms with Crippen molar-refractivity contribution in [3.63, 3.8) is 0 Å². The molecule has 0 aliphatic carbocycles. The molecule has 1 atom stereocenters. The highest BCUT2D eigenvalue weighted by Crippen LogP contribution is 2.49. The summed E-state index contributed by atoms with van der Waals surface area (Å²) in [7, 11) is -1.70. The molecule has 0 aromatic heterocycles. The van der Waals surface area contributed by atoms with Crippen molar-refractivity contribution in [2.45, 2.75) is 18.6 Å². The van der Waals surface area contributed by atoms with Crippen LogP contribution in [0.5, 0.6) is 0 Å². The monoisotopic (exact) mass is 439 g/mol. The first-order valence-electron chi connectivity index (χ1n) is 9.28. The Morgan fingerprint density at radius 2 is 1.43 bits per heavy atom. The van der Waals surface area contributed by atoms with Gasteiger partial charge in [-0.15, -0.1) is 0 Å². The second-order valence-corrected chi connectivity index (χ2v) is 11.0. The van der Waals surface area contributed by atoms with E-state index in [1.54, 1.807) is 60.7 Å². The van der Waals surface area contributed by atoms with Crippen LogP contribution in [0.2, 0.25) is 0 Å². The van der Waals surface area contributed by atoms with E-state index in [0.717, 1.165) is 14.0 Å². The average Bonchev–Trinajstić information content (AvgIpc) is 2.69. The lowest BCUT2D eigenvalue weighted by molar-refractivity contribution is -0.146. The number of ether oxygens (including phenoxy) is 1. The smallest absolute Gasteiger partial charge is 0.428 e. The van der Waals surface area contributed by atoms with Crippen LogP contribution in [0.4, 0.5) is 13.2 Å². The summed E-state index contributed by atoms with van der Waals surface area (Å²) in [4.78, 5) is 17.1. The molecule has 4 nitrogen and oxygen atoms in total. The van der Waals surface area contributed by atoms with E-state index >= 15 is 0 Å². The highest BCUT2D eigenvalue weighted by atomic mass is 31.2. The predicted molar refractivity (Wildman–Crippen MR) is 113 cm³/mol. The van der Waals surface area contributed by atoms with E-state index in [2.05, 4.69) is 4.99 Å². The van der Waals surface area contributed by atoms with Crippen LogP contribution in [0.1, 0.15) is 18.1 Å². The molecule has 0 aliphatic heterocycles. The molecule has 2 aromatic carbocycles. The van der Waals surface area contributed by atoms with E-state index < -0.39 is 36.5 Å². The molecule has 0 unspecified atom stereocenters. The molecular weight excluding hydrogens is 414 g/mol. The van der Waals surface area contributed by atoms with Gasteiger partial charge in [0.15, 0.2) is 0 Å². The first-order chi connectivity index (χ1) is 13.9. The number of alkyl halides is 3. The van der Waals surface area contributed by atoms with Crippen molar-refractivity contribution >= 4 is 18.8 Å². The Morgan fingerprint density at radius 3 is 1.77 bits per heavy atom. The standard InChI is InChI=1S/C22H25F3NO3P/c1-16(22(23,24)25)26-21(17-11-7-5-8-12-17,18-13-9-6-10-14-18)19(20(27)29-2)15-30(3,4)28/h5-14,19H,15H2,1-4H3/t19-/m0/s1. The molecule has 2 rings (SSSR count). The van der Waals surface area contributed by atoms with Gasteiger partial charge in [-0.05, 0) is 31.4 Å². The number of esters is 1. The van der Waals surface area contributed by atoms with Crippen molar-refractivity contribution in [3.05, 3.63) is 71.8 Å². The molecule has 2 aromatic rings. The molecule has 8 heteroatoms. The summed E-state index contributed by atoms with van der Waals surface area (Å²) in [5, 5.41) is 0. The molecule has 162 valence electrons. The quantitative estimate of drug-likeness (QED) is 0.331. The maximum absolute atomic E-state index is 13.6. The zero-order valence-corrected chi connectivity index (χ0v) is 18.2. The number of aliphatic imine (C=N–C) groups is 1. The fourth-order valence-corrected chi connectivity index (χ4v) is 4.74. The largest absolute Gasteiger partial charge is 0.469 e. The Balaban J connectivity index is 2.99. The number of hydrogen-bond acceptors (Lipinski definition) is 4. The van der Waals surface area contributed by atoms with Crippen molar-refractivity contribution in [3.8, 4) is 0 Å². The van der Waals surface area contributed by atoms with E-state index in [1.807, 2.05) is 0 Å². The number of halogens is 3. The molecule has 0 saturated heterocycles. The van der Waals surface area contributed by atoms with Gasteiger partial charge < -0.3 is 9.30 Å². The lowest BCUT2D eigenvalue weighted by Gasteiger charge is -2.38. The molecule has 0 fully saturated rings. The number of hydrogen-bond donors (Lipinski definition) is 0. The molecule has 0 saturated carbocycles. The Hall–Kier alpha value is -2.40. The molecule has 0 bridgehead atoms. The Kier molecular flexibility index (Phi) is 7.30. The first kappa shape index (κ1) is 23.9. The predicted octanol–water partition coefficient (Wildman–Crippen LogP) is 5.37. The zero-order valence-electron chi connectivity index (χ0n) is 17.3. The van der Waals surface area contributed by atoms with Gasteiger partial charge in [-0.3, -0.25) is 9.79 Å². The van der Waals surface area contributed by atoms with Crippen molar-refractivity contribution in [2.24, 2.45) is 10.9 Å². The van der Waals surface area contributed by atoms with Crippen molar-refractivity contribution in [1.29, 1.82) is 0 Å². The van der Waals surface area contributed by atoms with Gasteiger partial charge in [0, 0.05) is 6.16 Å². The summed E-state index contributed by atoms with van der Waals surface area (Å²) in [6.45, 7) is 3.85. The molecule has 0 heterocycles. The number of methoxy groups -OCH3 is 1. The van der Waals surface area contributed by atoms with Crippen molar-refractivity contribution in [1.82, 2.24) is 0 Å². The summed E-state index contributed by atoms with van der Waals surface area (Å²) in [5.41, 5.74) is -2.10. The van der Waals surface area contributed by atoms with Gasteiger partial charge in [-0.25, -0.2) is 0 Å². The highest BCUT2D eigenvalue weighted by molar-refractivity contribution is 7.62. The Morgan fingerprint density at radius 1 is 1.00 bits per heavy atom. The minimum atomic E-state index is -4.70. The Bertz CT molecular complexity index is 898. The topological polar surface area (TPSA) is 55.7 Å². The van der Waals surface area contributed by atoms with Gasteiger partial charge in [-0.1, -0.05) is 60.7 Å². The third-order valence-corrected chi connectivity index (χ3v) is 6.04. The summed E-state index contributed by atoms with van der Waals surface area (Å²) in [6, 6.07) is 16.6. The SMILES string of the molecule is COC(=O)[C@H](CP(C)(C)=O)C(N=C(C)C(F)(F)F)(c1ccccc1)c1ccccc1.